The molecule has 12 heavy (non-hydrogen) atoms. The minimum atomic E-state index is 0.678. The van der Waals surface area contributed by atoms with Crippen molar-refractivity contribution in [1.82, 2.24) is 15.5 Å². The number of hydrogen-bond acceptors (Lipinski definition) is 3. The normalized spacial score (nSPS) is 15.8. The molecule has 0 spiro atoms. The predicted molar refractivity (Wildman–Crippen MR) is 45.2 cm³/mol. The van der Waals surface area contributed by atoms with Crippen molar-refractivity contribution in [2.24, 2.45) is 0 Å². The second-order valence-corrected chi connectivity index (χ2v) is 2.85. The number of hydrogen-bond donors (Lipinski definition) is 2. The SMILES string of the molecule is CCOc1n[nH]c2c1CNCC2. The monoisotopic (exact) mass is 167 g/mol. The van der Waals surface area contributed by atoms with Gasteiger partial charge in [0.25, 0.3) is 0 Å². The summed E-state index contributed by atoms with van der Waals surface area (Å²) in [6.45, 7) is 4.55. The summed E-state index contributed by atoms with van der Waals surface area (Å²) in [5.74, 6) is 0.764. The Kier molecular flexibility index (Phi) is 1.99. The zero-order chi connectivity index (χ0) is 8.39. The van der Waals surface area contributed by atoms with Crippen molar-refractivity contribution in [3.05, 3.63) is 11.3 Å². The molecule has 2 N–H and O–H groups in total. The van der Waals surface area contributed by atoms with Crippen LogP contribution in [0.1, 0.15) is 18.2 Å². The van der Waals surface area contributed by atoms with E-state index < -0.39 is 0 Å². The van der Waals surface area contributed by atoms with E-state index in [0.717, 1.165) is 25.4 Å². The van der Waals surface area contributed by atoms with E-state index in [-0.39, 0.29) is 0 Å². The number of aromatic nitrogens is 2. The number of aromatic amines is 1. The molecule has 0 aromatic carbocycles. The highest BCUT2D eigenvalue weighted by Crippen LogP contribution is 2.21. The van der Waals surface area contributed by atoms with Crippen LogP contribution in [0, 0.1) is 0 Å². The van der Waals surface area contributed by atoms with Gasteiger partial charge in [0.2, 0.25) is 5.88 Å². The second kappa shape index (κ2) is 3.15. The zero-order valence-electron chi connectivity index (χ0n) is 7.18. The van der Waals surface area contributed by atoms with E-state index in [2.05, 4.69) is 15.5 Å². The molecule has 0 saturated carbocycles. The summed E-state index contributed by atoms with van der Waals surface area (Å²) in [6.07, 6.45) is 1.02. The number of rotatable bonds is 2. The summed E-state index contributed by atoms with van der Waals surface area (Å²) in [6, 6.07) is 0. The van der Waals surface area contributed by atoms with Gasteiger partial charge in [-0.15, -0.1) is 5.10 Å². The van der Waals surface area contributed by atoms with Crippen LogP contribution in [0.25, 0.3) is 0 Å². The lowest BCUT2D eigenvalue weighted by molar-refractivity contribution is 0.321. The molecule has 4 nitrogen and oxygen atoms in total. The summed E-state index contributed by atoms with van der Waals surface area (Å²) < 4.78 is 5.36. The average molecular weight is 167 g/mol. The summed E-state index contributed by atoms with van der Waals surface area (Å²) in [4.78, 5) is 0. The summed E-state index contributed by atoms with van der Waals surface area (Å²) >= 11 is 0. The van der Waals surface area contributed by atoms with Gasteiger partial charge >= 0.3 is 0 Å². The highest BCUT2D eigenvalue weighted by molar-refractivity contribution is 5.32. The molecule has 1 aromatic rings. The Morgan fingerprint density at radius 2 is 2.50 bits per heavy atom. The van der Waals surface area contributed by atoms with Crippen LogP contribution in [0.15, 0.2) is 0 Å². The maximum Gasteiger partial charge on any atom is 0.237 e. The van der Waals surface area contributed by atoms with Gasteiger partial charge in [-0.2, -0.15) is 0 Å². The van der Waals surface area contributed by atoms with E-state index >= 15 is 0 Å². The third-order valence-electron chi connectivity index (χ3n) is 2.05. The topological polar surface area (TPSA) is 49.9 Å². The first-order valence-electron chi connectivity index (χ1n) is 4.31. The van der Waals surface area contributed by atoms with E-state index in [1.54, 1.807) is 0 Å². The minimum absolute atomic E-state index is 0.678. The molecule has 0 aliphatic carbocycles. The van der Waals surface area contributed by atoms with Crippen molar-refractivity contribution in [2.75, 3.05) is 13.2 Å². The van der Waals surface area contributed by atoms with E-state index in [0.29, 0.717) is 6.61 Å². The summed E-state index contributed by atoms with van der Waals surface area (Å²) in [5.41, 5.74) is 2.42. The standard InChI is InChI=1S/C8H13N3O/c1-2-12-8-6-5-9-4-3-7(6)10-11-8/h9H,2-5H2,1H3,(H,10,11). The van der Waals surface area contributed by atoms with E-state index in [9.17, 15) is 0 Å². The van der Waals surface area contributed by atoms with Crippen molar-refractivity contribution in [3.63, 3.8) is 0 Å². The van der Waals surface area contributed by atoms with E-state index in [1.165, 1.54) is 11.3 Å². The van der Waals surface area contributed by atoms with Crippen LogP contribution in [-0.4, -0.2) is 23.3 Å². The third kappa shape index (κ3) is 1.18. The molecule has 1 aliphatic rings. The molecule has 0 saturated heterocycles. The van der Waals surface area contributed by atoms with Crippen LogP contribution < -0.4 is 10.1 Å². The van der Waals surface area contributed by atoms with E-state index in [4.69, 9.17) is 4.74 Å². The molecule has 0 amide bonds. The molecule has 66 valence electrons. The lowest BCUT2D eigenvalue weighted by Gasteiger charge is -2.12. The Morgan fingerprint density at radius 3 is 3.33 bits per heavy atom. The Labute approximate surface area is 71.3 Å². The fraction of sp³-hybridized carbons (Fsp3) is 0.625. The smallest absolute Gasteiger partial charge is 0.237 e. The van der Waals surface area contributed by atoms with Crippen molar-refractivity contribution >= 4 is 0 Å². The fourth-order valence-corrected chi connectivity index (χ4v) is 1.45. The van der Waals surface area contributed by atoms with Crippen LogP contribution in [0.2, 0.25) is 0 Å². The molecular weight excluding hydrogens is 154 g/mol. The van der Waals surface area contributed by atoms with Gasteiger partial charge in [0.05, 0.1) is 12.2 Å². The highest BCUT2D eigenvalue weighted by atomic mass is 16.5. The Bertz CT molecular complexity index is 269. The molecule has 4 heteroatoms. The third-order valence-corrected chi connectivity index (χ3v) is 2.05. The Hall–Kier alpha value is -1.03. The molecular formula is C8H13N3O. The zero-order valence-corrected chi connectivity index (χ0v) is 7.18. The van der Waals surface area contributed by atoms with Crippen LogP contribution in [-0.2, 0) is 13.0 Å². The van der Waals surface area contributed by atoms with Crippen LogP contribution >= 0.6 is 0 Å². The van der Waals surface area contributed by atoms with Crippen LogP contribution in [0.4, 0.5) is 0 Å². The number of nitrogens with zero attached hydrogens (tertiary/aromatic N) is 1. The summed E-state index contributed by atoms with van der Waals surface area (Å²) in [5, 5.41) is 10.4. The first kappa shape index (κ1) is 7.61. The van der Waals surface area contributed by atoms with Crippen LogP contribution in [0.3, 0.4) is 0 Å². The van der Waals surface area contributed by atoms with Crippen molar-refractivity contribution in [1.29, 1.82) is 0 Å². The van der Waals surface area contributed by atoms with Gasteiger partial charge < -0.3 is 10.1 Å². The molecule has 1 aromatic heterocycles. The number of H-pyrrole nitrogens is 1. The van der Waals surface area contributed by atoms with Crippen LogP contribution in [0.5, 0.6) is 5.88 Å². The lowest BCUT2D eigenvalue weighted by atomic mass is 10.1. The van der Waals surface area contributed by atoms with Gasteiger partial charge in [0, 0.05) is 25.2 Å². The van der Waals surface area contributed by atoms with Gasteiger partial charge in [0.1, 0.15) is 0 Å². The molecule has 0 bridgehead atoms. The molecule has 2 rings (SSSR count). The van der Waals surface area contributed by atoms with Crippen molar-refractivity contribution in [2.45, 2.75) is 19.9 Å². The quantitative estimate of drug-likeness (QED) is 0.672. The van der Waals surface area contributed by atoms with Gasteiger partial charge in [-0.1, -0.05) is 0 Å². The van der Waals surface area contributed by atoms with Gasteiger partial charge in [0.15, 0.2) is 0 Å². The highest BCUT2D eigenvalue weighted by Gasteiger charge is 2.16. The van der Waals surface area contributed by atoms with E-state index in [1.807, 2.05) is 6.92 Å². The number of fused-ring (bicyclic) bond motifs is 1. The maximum atomic E-state index is 5.36. The fourth-order valence-electron chi connectivity index (χ4n) is 1.45. The Morgan fingerprint density at radius 1 is 1.58 bits per heavy atom. The largest absolute Gasteiger partial charge is 0.477 e. The molecule has 0 fully saturated rings. The molecule has 0 unspecified atom stereocenters. The lowest BCUT2D eigenvalue weighted by Crippen LogP contribution is -2.23. The molecule has 0 atom stereocenters. The molecule has 2 heterocycles. The first-order valence-corrected chi connectivity index (χ1v) is 4.31. The summed E-state index contributed by atoms with van der Waals surface area (Å²) in [7, 11) is 0. The van der Waals surface area contributed by atoms with Gasteiger partial charge in [-0.3, -0.25) is 5.10 Å². The number of nitrogens with one attached hydrogen (secondary N) is 2. The minimum Gasteiger partial charge on any atom is -0.477 e. The van der Waals surface area contributed by atoms with Crippen molar-refractivity contribution in [3.8, 4) is 5.88 Å². The Balaban J connectivity index is 2.25. The maximum absolute atomic E-state index is 5.36. The first-order chi connectivity index (χ1) is 5.92. The van der Waals surface area contributed by atoms with Gasteiger partial charge in [-0.05, 0) is 6.92 Å². The van der Waals surface area contributed by atoms with Crippen molar-refractivity contribution < 1.29 is 4.74 Å². The molecule has 0 radical (unpaired) electrons. The second-order valence-electron chi connectivity index (χ2n) is 2.85. The molecule has 1 aliphatic heterocycles. The number of ether oxygens (including phenoxy) is 1. The van der Waals surface area contributed by atoms with Gasteiger partial charge in [-0.25, -0.2) is 0 Å². The average Bonchev–Trinajstić information content (AvgIpc) is 2.50. The predicted octanol–water partition coefficient (Wildman–Crippen LogP) is 0.454.